The molecule has 0 bridgehead atoms. The molecule has 3 nitrogen and oxygen atoms in total. The first-order valence-corrected chi connectivity index (χ1v) is 5.60. The molecule has 1 aromatic heterocycles. The van der Waals surface area contributed by atoms with Crippen molar-refractivity contribution in [2.45, 2.75) is 13.0 Å². The number of nitrogens with zero attached hydrogens (tertiary/aromatic N) is 2. The molecule has 0 aliphatic carbocycles. The molecule has 0 spiro atoms. The van der Waals surface area contributed by atoms with Crippen LogP contribution in [0.4, 0.5) is 14.5 Å². The molecule has 0 amide bonds. The maximum atomic E-state index is 12.4. The van der Waals surface area contributed by atoms with E-state index in [0.717, 1.165) is 5.39 Å². The second-order valence-corrected chi connectivity index (χ2v) is 4.08. The molecule has 2 aromatic rings. The molecule has 2 rings (SSSR count). The highest BCUT2D eigenvalue weighted by Gasteiger charge is 2.13. The lowest BCUT2D eigenvalue weighted by atomic mass is 10.1. The molecule has 5 heteroatoms. The van der Waals surface area contributed by atoms with Crippen LogP contribution >= 0.6 is 0 Å². The largest absolute Gasteiger partial charge is 0.390 e. The highest BCUT2D eigenvalue weighted by Crippen LogP contribution is 2.26. The van der Waals surface area contributed by atoms with Gasteiger partial charge in [-0.25, -0.2) is 8.78 Å². The van der Waals surface area contributed by atoms with Crippen LogP contribution in [-0.2, 0) is 6.61 Å². The molecule has 0 saturated heterocycles. The zero-order valence-electron chi connectivity index (χ0n) is 9.98. The van der Waals surface area contributed by atoms with E-state index in [1.807, 2.05) is 18.2 Å². The summed E-state index contributed by atoms with van der Waals surface area (Å²) in [7, 11) is 1.61. The Morgan fingerprint density at radius 3 is 2.72 bits per heavy atom. The average molecular weight is 252 g/mol. The monoisotopic (exact) mass is 252 g/mol. The van der Waals surface area contributed by atoms with Crippen molar-refractivity contribution < 1.29 is 13.9 Å². The normalized spacial score (nSPS) is 11.2. The van der Waals surface area contributed by atoms with E-state index in [2.05, 4.69) is 4.98 Å². The van der Waals surface area contributed by atoms with Gasteiger partial charge in [-0.05, 0) is 12.1 Å². The van der Waals surface area contributed by atoms with Crippen LogP contribution in [-0.4, -0.2) is 30.1 Å². The van der Waals surface area contributed by atoms with Crippen LogP contribution in [0.1, 0.15) is 5.69 Å². The fourth-order valence-electron chi connectivity index (χ4n) is 1.91. The molecule has 0 aliphatic heterocycles. The van der Waals surface area contributed by atoms with Gasteiger partial charge in [-0.15, -0.1) is 0 Å². The first-order chi connectivity index (χ1) is 8.61. The van der Waals surface area contributed by atoms with Crippen LogP contribution in [0.15, 0.2) is 30.3 Å². The van der Waals surface area contributed by atoms with Crippen LogP contribution in [0.25, 0.3) is 10.9 Å². The van der Waals surface area contributed by atoms with E-state index in [1.54, 1.807) is 19.2 Å². The summed E-state index contributed by atoms with van der Waals surface area (Å²) in [5, 5.41) is 9.96. The summed E-state index contributed by atoms with van der Waals surface area (Å²) >= 11 is 0. The first kappa shape index (κ1) is 12.7. The molecule has 0 aliphatic rings. The van der Waals surface area contributed by atoms with Gasteiger partial charge in [-0.3, -0.25) is 4.98 Å². The molecule has 96 valence electrons. The number of aliphatic hydroxyl groups is 1. The van der Waals surface area contributed by atoms with E-state index in [4.69, 9.17) is 5.11 Å². The van der Waals surface area contributed by atoms with Gasteiger partial charge in [-0.1, -0.05) is 18.2 Å². The minimum Gasteiger partial charge on any atom is -0.390 e. The van der Waals surface area contributed by atoms with Gasteiger partial charge in [-0.2, -0.15) is 0 Å². The minimum absolute atomic E-state index is 0.208. The Bertz CT molecular complexity index is 546. The number of alkyl halides is 2. The summed E-state index contributed by atoms with van der Waals surface area (Å²) in [6.07, 6.45) is -2.40. The average Bonchev–Trinajstić information content (AvgIpc) is 2.36. The Hall–Kier alpha value is -1.75. The van der Waals surface area contributed by atoms with Crippen molar-refractivity contribution in [1.29, 1.82) is 0 Å². The summed E-state index contributed by atoms with van der Waals surface area (Å²) in [6.45, 7) is -0.556. The third-order valence-electron chi connectivity index (χ3n) is 2.73. The maximum absolute atomic E-state index is 12.4. The van der Waals surface area contributed by atoms with E-state index in [-0.39, 0.29) is 13.2 Å². The Kier molecular flexibility index (Phi) is 3.72. The third-order valence-corrected chi connectivity index (χ3v) is 2.73. The van der Waals surface area contributed by atoms with Gasteiger partial charge in [0.15, 0.2) is 0 Å². The molecule has 1 aromatic carbocycles. The van der Waals surface area contributed by atoms with Gasteiger partial charge < -0.3 is 10.0 Å². The van der Waals surface area contributed by atoms with E-state index in [0.29, 0.717) is 16.9 Å². The first-order valence-electron chi connectivity index (χ1n) is 5.60. The van der Waals surface area contributed by atoms with Crippen molar-refractivity contribution in [1.82, 2.24) is 4.98 Å². The van der Waals surface area contributed by atoms with Crippen LogP contribution in [0, 0.1) is 0 Å². The number of hydrogen-bond acceptors (Lipinski definition) is 3. The van der Waals surface area contributed by atoms with E-state index >= 15 is 0 Å². The summed E-state index contributed by atoms with van der Waals surface area (Å²) in [6, 6.07) is 8.94. The molecule has 1 heterocycles. The number of anilines is 1. The quantitative estimate of drug-likeness (QED) is 0.907. The second-order valence-electron chi connectivity index (χ2n) is 4.08. The Labute approximate surface area is 104 Å². The topological polar surface area (TPSA) is 36.4 Å². The summed E-state index contributed by atoms with van der Waals surface area (Å²) in [5.74, 6) is 0. The smallest absolute Gasteiger partial charge is 0.255 e. The molecule has 0 unspecified atom stereocenters. The molecule has 1 N–H and O–H groups in total. The molecule has 0 atom stereocenters. The molecule has 0 fully saturated rings. The lowest BCUT2D eigenvalue weighted by Crippen LogP contribution is -2.24. The van der Waals surface area contributed by atoms with Crippen LogP contribution in [0.2, 0.25) is 0 Å². The number of aromatic nitrogens is 1. The number of aliphatic hydroxyl groups excluding tert-OH is 1. The van der Waals surface area contributed by atoms with Gasteiger partial charge in [0.2, 0.25) is 0 Å². The Morgan fingerprint density at radius 1 is 1.33 bits per heavy atom. The number of halogens is 2. The summed E-state index contributed by atoms with van der Waals surface area (Å²) in [5.41, 5.74) is 1.83. The summed E-state index contributed by atoms with van der Waals surface area (Å²) in [4.78, 5) is 5.73. The maximum Gasteiger partial charge on any atom is 0.255 e. The minimum atomic E-state index is -2.40. The Morgan fingerprint density at radius 2 is 2.06 bits per heavy atom. The summed E-state index contributed by atoms with van der Waals surface area (Å²) < 4.78 is 24.9. The molecular formula is C13H14F2N2O. The number of rotatable bonds is 4. The fourth-order valence-corrected chi connectivity index (χ4v) is 1.91. The number of hydrogen-bond donors (Lipinski definition) is 1. The standard InChI is InChI=1S/C13H14F2N2O/c1-17(7-13(14)15)12-6-9(8-18)16-11-5-3-2-4-10(11)12/h2-6,13,18H,7-8H2,1H3. The molecular weight excluding hydrogens is 238 g/mol. The van der Waals surface area contributed by atoms with Crippen molar-refractivity contribution in [3.63, 3.8) is 0 Å². The fraction of sp³-hybridized carbons (Fsp3) is 0.308. The van der Waals surface area contributed by atoms with Gasteiger partial charge in [0.05, 0.1) is 24.4 Å². The van der Waals surface area contributed by atoms with Crippen molar-refractivity contribution in [2.24, 2.45) is 0 Å². The Balaban J connectivity index is 2.53. The van der Waals surface area contributed by atoms with Gasteiger partial charge in [0.1, 0.15) is 0 Å². The highest BCUT2D eigenvalue weighted by atomic mass is 19.3. The van der Waals surface area contributed by atoms with Crippen molar-refractivity contribution in [2.75, 3.05) is 18.5 Å². The van der Waals surface area contributed by atoms with E-state index < -0.39 is 6.43 Å². The number of pyridine rings is 1. The lowest BCUT2D eigenvalue weighted by molar-refractivity contribution is 0.156. The lowest BCUT2D eigenvalue weighted by Gasteiger charge is -2.21. The van der Waals surface area contributed by atoms with Crippen LogP contribution < -0.4 is 4.90 Å². The third kappa shape index (κ3) is 2.56. The van der Waals surface area contributed by atoms with Crippen LogP contribution in [0.5, 0.6) is 0 Å². The van der Waals surface area contributed by atoms with Crippen molar-refractivity contribution >= 4 is 16.6 Å². The van der Waals surface area contributed by atoms with E-state index in [9.17, 15) is 8.78 Å². The number of benzene rings is 1. The van der Waals surface area contributed by atoms with Crippen molar-refractivity contribution in [3.05, 3.63) is 36.0 Å². The zero-order valence-corrected chi connectivity index (χ0v) is 9.98. The predicted molar refractivity (Wildman–Crippen MR) is 66.9 cm³/mol. The van der Waals surface area contributed by atoms with Crippen LogP contribution in [0.3, 0.4) is 0 Å². The van der Waals surface area contributed by atoms with E-state index in [1.165, 1.54) is 4.90 Å². The van der Waals surface area contributed by atoms with Gasteiger partial charge in [0, 0.05) is 18.1 Å². The zero-order chi connectivity index (χ0) is 13.1. The van der Waals surface area contributed by atoms with Crippen molar-refractivity contribution in [3.8, 4) is 0 Å². The predicted octanol–water partition coefficient (Wildman–Crippen LogP) is 2.43. The van der Waals surface area contributed by atoms with Gasteiger partial charge >= 0.3 is 0 Å². The van der Waals surface area contributed by atoms with Gasteiger partial charge in [0.25, 0.3) is 6.43 Å². The number of fused-ring (bicyclic) bond motifs is 1. The second kappa shape index (κ2) is 5.27. The molecule has 18 heavy (non-hydrogen) atoms. The SMILES string of the molecule is CN(CC(F)F)c1cc(CO)nc2ccccc12. The molecule has 0 saturated carbocycles. The molecule has 0 radical (unpaired) electrons. The number of para-hydroxylation sites is 1. The highest BCUT2D eigenvalue weighted by molar-refractivity contribution is 5.91.